The van der Waals surface area contributed by atoms with Crippen LogP contribution in [-0.4, -0.2) is 60.9 Å². The molecule has 2 aromatic carbocycles. The first kappa shape index (κ1) is 26.9. The number of rotatable bonds is 9. The highest BCUT2D eigenvalue weighted by molar-refractivity contribution is 5.93. The van der Waals surface area contributed by atoms with Crippen LogP contribution in [0.25, 0.3) is 0 Å². The van der Waals surface area contributed by atoms with Gasteiger partial charge in [0.05, 0.1) is 19.1 Å². The molecule has 6 nitrogen and oxygen atoms in total. The van der Waals surface area contributed by atoms with E-state index >= 15 is 0 Å². The number of nitrogens with one attached hydrogen (secondary N) is 2. The van der Waals surface area contributed by atoms with Gasteiger partial charge in [0.1, 0.15) is 0 Å². The lowest BCUT2D eigenvalue weighted by Gasteiger charge is -2.34. The van der Waals surface area contributed by atoms with Gasteiger partial charge in [0.25, 0.3) is 0 Å². The van der Waals surface area contributed by atoms with E-state index in [1.165, 1.54) is 11.1 Å². The van der Waals surface area contributed by atoms with Gasteiger partial charge in [0.15, 0.2) is 0 Å². The van der Waals surface area contributed by atoms with Gasteiger partial charge in [-0.1, -0.05) is 64.1 Å². The molecule has 35 heavy (non-hydrogen) atoms. The minimum absolute atomic E-state index is 0.00113. The molecule has 190 valence electrons. The SMILES string of the molecule is Cc1cccc(NC(=O)CN2CCN(CC(=O)NC(c3ccc(C(C)C)cc3)C(C)C)CC2)c1C. The first-order valence-corrected chi connectivity index (χ1v) is 12.8. The van der Waals surface area contributed by atoms with E-state index in [4.69, 9.17) is 0 Å². The van der Waals surface area contributed by atoms with Crippen LogP contribution in [0.4, 0.5) is 5.69 Å². The van der Waals surface area contributed by atoms with Crippen LogP contribution in [-0.2, 0) is 9.59 Å². The molecule has 1 atom stereocenters. The minimum Gasteiger partial charge on any atom is -0.348 e. The monoisotopic (exact) mass is 478 g/mol. The highest BCUT2D eigenvalue weighted by atomic mass is 16.2. The van der Waals surface area contributed by atoms with E-state index in [1.54, 1.807) is 0 Å². The van der Waals surface area contributed by atoms with Gasteiger partial charge in [-0.15, -0.1) is 0 Å². The first-order valence-electron chi connectivity index (χ1n) is 12.8. The lowest BCUT2D eigenvalue weighted by molar-refractivity contribution is -0.124. The normalized spacial score (nSPS) is 15.9. The lowest BCUT2D eigenvalue weighted by Crippen LogP contribution is -2.51. The summed E-state index contributed by atoms with van der Waals surface area (Å²) in [5.74, 6) is 0.856. The number of aryl methyl sites for hydroxylation is 1. The molecule has 0 spiro atoms. The van der Waals surface area contributed by atoms with Crippen molar-refractivity contribution in [3.63, 3.8) is 0 Å². The molecular formula is C29H42N4O2. The maximum Gasteiger partial charge on any atom is 0.238 e. The number of carbonyl (C=O) groups is 2. The van der Waals surface area contributed by atoms with Crippen molar-refractivity contribution >= 4 is 17.5 Å². The summed E-state index contributed by atoms with van der Waals surface area (Å²) < 4.78 is 0. The van der Waals surface area contributed by atoms with Crippen LogP contribution in [0.3, 0.4) is 0 Å². The van der Waals surface area contributed by atoms with Gasteiger partial charge in [-0.05, 0) is 54.0 Å². The van der Waals surface area contributed by atoms with Crippen molar-refractivity contribution in [1.29, 1.82) is 0 Å². The van der Waals surface area contributed by atoms with Gasteiger partial charge < -0.3 is 10.6 Å². The number of nitrogens with zero attached hydrogens (tertiary/aromatic N) is 2. The Morgan fingerprint density at radius 2 is 1.34 bits per heavy atom. The molecule has 2 aromatic rings. The molecule has 0 radical (unpaired) electrons. The second-order valence-corrected chi connectivity index (χ2v) is 10.5. The molecule has 1 aliphatic heterocycles. The van der Waals surface area contributed by atoms with Gasteiger partial charge >= 0.3 is 0 Å². The number of hydrogen-bond acceptors (Lipinski definition) is 4. The molecule has 0 bridgehead atoms. The van der Waals surface area contributed by atoms with Gasteiger partial charge in [0, 0.05) is 31.9 Å². The smallest absolute Gasteiger partial charge is 0.238 e. The topological polar surface area (TPSA) is 64.7 Å². The predicted octanol–water partition coefficient (Wildman–Crippen LogP) is 4.50. The molecule has 0 aromatic heterocycles. The molecule has 6 heteroatoms. The fraction of sp³-hybridized carbons (Fsp3) is 0.517. The summed E-state index contributed by atoms with van der Waals surface area (Å²) in [6.45, 7) is 16.6. The maximum absolute atomic E-state index is 12.9. The molecule has 1 saturated heterocycles. The molecule has 3 rings (SSSR count). The van der Waals surface area contributed by atoms with Gasteiger partial charge in [-0.25, -0.2) is 0 Å². The van der Waals surface area contributed by atoms with Crippen LogP contribution in [0, 0.1) is 19.8 Å². The predicted molar refractivity (Wildman–Crippen MR) is 144 cm³/mol. The third-order valence-electron chi connectivity index (χ3n) is 7.02. The zero-order valence-electron chi connectivity index (χ0n) is 22.2. The number of anilines is 1. The summed E-state index contributed by atoms with van der Waals surface area (Å²) in [7, 11) is 0. The molecule has 1 unspecified atom stereocenters. The van der Waals surface area contributed by atoms with E-state index in [1.807, 2.05) is 32.0 Å². The Labute approximate surface area is 211 Å². The van der Waals surface area contributed by atoms with Crippen LogP contribution in [0.2, 0.25) is 0 Å². The summed E-state index contributed by atoms with van der Waals surface area (Å²) in [6, 6.07) is 14.6. The maximum atomic E-state index is 12.9. The molecule has 2 N–H and O–H groups in total. The van der Waals surface area contributed by atoms with E-state index in [2.05, 4.69) is 72.4 Å². The Kier molecular flexibility index (Phi) is 9.47. The average Bonchev–Trinajstić information content (AvgIpc) is 2.81. The number of benzene rings is 2. The largest absolute Gasteiger partial charge is 0.348 e. The summed E-state index contributed by atoms with van der Waals surface area (Å²) in [6.07, 6.45) is 0. The number of carbonyl (C=O) groups excluding carboxylic acids is 2. The summed E-state index contributed by atoms with van der Waals surface area (Å²) >= 11 is 0. The quantitative estimate of drug-likeness (QED) is 0.557. The van der Waals surface area contributed by atoms with E-state index in [9.17, 15) is 9.59 Å². The van der Waals surface area contributed by atoms with Crippen molar-refractivity contribution in [2.75, 3.05) is 44.6 Å². The number of hydrogen-bond donors (Lipinski definition) is 2. The highest BCUT2D eigenvalue weighted by Gasteiger charge is 2.23. The summed E-state index contributed by atoms with van der Waals surface area (Å²) in [4.78, 5) is 29.7. The van der Waals surface area contributed by atoms with E-state index in [-0.39, 0.29) is 17.9 Å². The average molecular weight is 479 g/mol. The van der Waals surface area contributed by atoms with Gasteiger partial charge in [-0.3, -0.25) is 19.4 Å². The Balaban J connectivity index is 1.45. The van der Waals surface area contributed by atoms with E-state index < -0.39 is 0 Å². The Bertz CT molecular complexity index is 992. The van der Waals surface area contributed by atoms with Crippen molar-refractivity contribution in [3.8, 4) is 0 Å². The molecular weight excluding hydrogens is 436 g/mol. The van der Waals surface area contributed by atoms with Crippen LogP contribution >= 0.6 is 0 Å². The molecule has 1 fully saturated rings. The fourth-order valence-electron chi connectivity index (χ4n) is 4.53. The van der Waals surface area contributed by atoms with Crippen molar-refractivity contribution in [2.24, 2.45) is 5.92 Å². The van der Waals surface area contributed by atoms with Crippen molar-refractivity contribution in [2.45, 2.75) is 53.5 Å². The molecule has 0 saturated carbocycles. The Morgan fingerprint density at radius 3 is 1.89 bits per heavy atom. The molecule has 1 heterocycles. The van der Waals surface area contributed by atoms with E-state index in [0.29, 0.717) is 24.9 Å². The number of amides is 2. The zero-order chi connectivity index (χ0) is 25.5. The molecule has 0 aliphatic carbocycles. The second kappa shape index (κ2) is 12.3. The standard InChI is InChI=1S/C29H42N4O2/c1-20(2)24-10-12-25(13-11-24)29(21(3)4)31-28(35)19-33-16-14-32(15-17-33)18-27(34)30-26-9-7-8-22(5)23(26)6/h7-13,20-21,29H,14-19H2,1-6H3,(H,30,34)(H,31,35). The Hall–Kier alpha value is -2.70. The fourth-order valence-corrected chi connectivity index (χ4v) is 4.53. The van der Waals surface area contributed by atoms with Gasteiger partial charge in [0.2, 0.25) is 11.8 Å². The molecule has 1 aliphatic rings. The van der Waals surface area contributed by atoms with Crippen LogP contribution in [0.5, 0.6) is 0 Å². The summed E-state index contributed by atoms with van der Waals surface area (Å²) in [5, 5.41) is 6.29. The second-order valence-electron chi connectivity index (χ2n) is 10.5. The van der Waals surface area contributed by atoms with Gasteiger partial charge in [-0.2, -0.15) is 0 Å². The lowest BCUT2D eigenvalue weighted by atomic mass is 9.93. The van der Waals surface area contributed by atoms with Crippen LogP contribution < -0.4 is 10.6 Å². The molecule has 2 amide bonds. The van der Waals surface area contributed by atoms with Crippen molar-refractivity contribution < 1.29 is 9.59 Å². The van der Waals surface area contributed by atoms with Crippen LogP contribution in [0.15, 0.2) is 42.5 Å². The summed E-state index contributed by atoms with van der Waals surface area (Å²) in [5.41, 5.74) is 5.61. The first-order chi connectivity index (χ1) is 16.6. The minimum atomic E-state index is -0.00113. The highest BCUT2D eigenvalue weighted by Crippen LogP contribution is 2.24. The third-order valence-corrected chi connectivity index (χ3v) is 7.02. The third kappa shape index (κ3) is 7.64. The number of piperazine rings is 1. The van der Waals surface area contributed by atoms with Crippen molar-refractivity contribution in [1.82, 2.24) is 15.1 Å². The zero-order valence-corrected chi connectivity index (χ0v) is 22.2. The Morgan fingerprint density at radius 1 is 0.800 bits per heavy atom. The van der Waals surface area contributed by atoms with Crippen LogP contribution in [0.1, 0.15) is 61.9 Å². The van der Waals surface area contributed by atoms with Crippen molar-refractivity contribution in [3.05, 3.63) is 64.7 Å². The van der Waals surface area contributed by atoms with E-state index in [0.717, 1.165) is 43.0 Å².